The molecule has 1 fully saturated rings. The number of aliphatic hydroxyl groups excluding tert-OH is 1. The molecule has 2 aromatic heterocycles. The third-order valence-electron chi connectivity index (χ3n) is 4.10. The molecular weight excluding hydrogens is 326 g/mol. The molecule has 3 heterocycles. The van der Waals surface area contributed by atoms with E-state index in [-0.39, 0.29) is 17.7 Å². The highest BCUT2D eigenvalue weighted by Gasteiger charge is 2.22. The van der Waals surface area contributed by atoms with E-state index in [0.29, 0.717) is 37.7 Å². The first-order chi connectivity index (χ1) is 11.7. The number of nitrogens with zero attached hydrogens (tertiary/aromatic N) is 4. The molecule has 0 unspecified atom stereocenters. The number of aromatic nitrogens is 2. The fourth-order valence-electron chi connectivity index (χ4n) is 2.83. The Morgan fingerprint density at radius 1 is 1.38 bits per heavy atom. The summed E-state index contributed by atoms with van der Waals surface area (Å²) in [6.45, 7) is 3.70. The van der Waals surface area contributed by atoms with Crippen molar-refractivity contribution in [1.82, 2.24) is 14.9 Å². The van der Waals surface area contributed by atoms with Gasteiger partial charge in [0.15, 0.2) is 11.4 Å². The van der Waals surface area contributed by atoms with Gasteiger partial charge in [0.25, 0.3) is 5.56 Å². The number of nitrogens with one attached hydrogen (secondary N) is 1. The van der Waals surface area contributed by atoms with Crippen LogP contribution in [-0.4, -0.2) is 59.3 Å². The highest BCUT2D eigenvalue weighted by Crippen LogP contribution is 2.18. The SMILES string of the molecule is N#Cc1c(N2CCN(CCO)CC2)nc(Cc2ccsc2)[nH]c1=O. The van der Waals surface area contributed by atoms with E-state index in [4.69, 9.17) is 5.11 Å². The second kappa shape index (κ2) is 7.57. The quantitative estimate of drug-likeness (QED) is 0.815. The molecule has 126 valence electrons. The van der Waals surface area contributed by atoms with Crippen molar-refractivity contribution in [2.75, 3.05) is 44.2 Å². The van der Waals surface area contributed by atoms with E-state index in [1.807, 2.05) is 27.8 Å². The second-order valence-electron chi connectivity index (χ2n) is 5.68. The van der Waals surface area contributed by atoms with Crippen LogP contribution in [0.3, 0.4) is 0 Å². The van der Waals surface area contributed by atoms with Crippen LogP contribution in [0.15, 0.2) is 21.6 Å². The lowest BCUT2D eigenvalue weighted by atomic mass is 10.2. The minimum Gasteiger partial charge on any atom is -0.395 e. The molecule has 3 rings (SSSR count). The van der Waals surface area contributed by atoms with Crippen LogP contribution in [0.25, 0.3) is 0 Å². The van der Waals surface area contributed by atoms with Gasteiger partial charge in [-0.05, 0) is 22.4 Å². The maximum atomic E-state index is 12.2. The van der Waals surface area contributed by atoms with Crippen LogP contribution < -0.4 is 10.5 Å². The molecule has 2 N–H and O–H groups in total. The number of β-amino-alcohol motifs (C(OH)–C–C–N with tert-alkyl or cyclic N) is 1. The number of H-pyrrole nitrogens is 1. The molecule has 7 nitrogen and oxygen atoms in total. The van der Waals surface area contributed by atoms with Gasteiger partial charge in [-0.25, -0.2) is 4.98 Å². The lowest BCUT2D eigenvalue weighted by molar-refractivity contribution is 0.188. The lowest BCUT2D eigenvalue weighted by Crippen LogP contribution is -2.48. The standard InChI is InChI=1S/C16H19N5O2S/c17-10-13-15(21-4-2-20(3-5-21)6-7-22)18-14(19-16(13)23)9-12-1-8-24-11-12/h1,8,11,22H,2-7,9H2,(H,18,19,23). The number of aliphatic hydroxyl groups is 1. The molecule has 8 heteroatoms. The lowest BCUT2D eigenvalue weighted by Gasteiger charge is -2.35. The van der Waals surface area contributed by atoms with Gasteiger partial charge < -0.3 is 15.0 Å². The second-order valence-corrected chi connectivity index (χ2v) is 6.46. The zero-order valence-electron chi connectivity index (χ0n) is 13.2. The van der Waals surface area contributed by atoms with Gasteiger partial charge in [-0.1, -0.05) is 0 Å². The average molecular weight is 345 g/mol. The summed E-state index contributed by atoms with van der Waals surface area (Å²) in [6.07, 6.45) is 0.544. The molecule has 0 saturated carbocycles. The minimum atomic E-state index is -0.384. The molecule has 24 heavy (non-hydrogen) atoms. The molecule has 2 aromatic rings. The van der Waals surface area contributed by atoms with Crippen molar-refractivity contribution in [1.29, 1.82) is 5.26 Å². The van der Waals surface area contributed by atoms with Gasteiger partial charge in [-0.3, -0.25) is 9.69 Å². The molecule has 0 aliphatic carbocycles. The largest absolute Gasteiger partial charge is 0.395 e. The molecule has 0 amide bonds. The van der Waals surface area contributed by atoms with Gasteiger partial charge in [0, 0.05) is 39.1 Å². The summed E-state index contributed by atoms with van der Waals surface area (Å²) in [5.41, 5.74) is 0.775. The molecule has 0 bridgehead atoms. The van der Waals surface area contributed by atoms with Crippen LogP contribution in [-0.2, 0) is 6.42 Å². The average Bonchev–Trinajstić information content (AvgIpc) is 3.08. The van der Waals surface area contributed by atoms with Crippen LogP contribution in [0.1, 0.15) is 17.0 Å². The molecule has 1 saturated heterocycles. The zero-order valence-corrected chi connectivity index (χ0v) is 14.1. The highest BCUT2D eigenvalue weighted by molar-refractivity contribution is 7.07. The molecule has 0 spiro atoms. The van der Waals surface area contributed by atoms with Crippen molar-refractivity contribution in [3.05, 3.63) is 44.1 Å². The molecule has 0 aromatic carbocycles. The minimum absolute atomic E-state index is 0.0691. The summed E-state index contributed by atoms with van der Waals surface area (Å²) in [6, 6.07) is 3.98. The number of rotatable bonds is 5. The predicted octanol–water partition coefficient (Wildman–Crippen LogP) is 0.408. The Balaban J connectivity index is 1.85. The number of hydrogen-bond acceptors (Lipinski definition) is 7. The van der Waals surface area contributed by atoms with E-state index >= 15 is 0 Å². The summed E-state index contributed by atoms with van der Waals surface area (Å²) in [4.78, 5) is 23.7. The Morgan fingerprint density at radius 3 is 2.79 bits per heavy atom. The van der Waals surface area contributed by atoms with Gasteiger partial charge in [0.2, 0.25) is 0 Å². The van der Waals surface area contributed by atoms with Crippen molar-refractivity contribution in [3.8, 4) is 6.07 Å². The fourth-order valence-corrected chi connectivity index (χ4v) is 3.50. The number of piperazine rings is 1. The summed E-state index contributed by atoms with van der Waals surface area (Å²) < 4.78 is 0. The van der Waals surface area contributed by atoms with Crippen LogP contribution in [0.4, 0.5) is 5.82 Å². The van der Waals surface area contributed by atoms with Crippen LogP contribution >= 0.6 is 11.3 Å². The highest BCUT2D eigenvalue weighted by atomic mass is 32.1. The monoisotopic (exact) mass is 345 g/mol. The Bertz CT molecular complexity index is 773. The number of hydrogen-bond donors (Lipinski definition) is 2. The third kappa shape index (κ3) is 3.64. The van der Waals surface area contributed by atoms with Crippen LogP contribution in [0, 0.1) is 11.3 Å². The van der Waals surface area contributed by atoms with E-state index in [1.165, 1.54) is 0 Å². The van der Waals surface area contributed by atoms with Crippen LogP contribution in [0.5, 0.6) is 0 Å². The molecule has 0 atom stereocenters. The maximum absolute atomic E-state index is 12.2. The van der Waals surface area contributed by atoms with Gasteiger partial charge in [-0.2, -0.15) is 16.6 Å². The first-order valence-electron chi connectivity index (χ1n) is 7.84. The molecule has 1 aliphatic heterocycles. The normalized spacial score (nSPS) is 15.4. The van der Waals surface area contributed by atoms with Gasteiger partial charge in [0.05, 0.1) is 6.61 Å². The topological polar surface area (TPSA) is 96.2 Å². The molecule has 0 radical (unpaired) electrons. The van der Waals surface area contributed by atoms with Crippen molar-refractivity contribution >= 4 is 17.2 Å². The number of aromatic amines is 1. The van der Waals surface area contributed by atoms with Crippen molar-refractivity contribution in [3.63, 3.8) is 0 Å². The van der Waals surface area contributed by atoms with Gasteiger partial charge in [0.1, 0.15) is 11.9 Å². The third-order valence-corrected chi connectivity index (χ3v) is 4.83. The van der Waals surface area contributed by atoms with Crippen LogP contribution in [0.2, 0.25) is 0 Å². The number of thiophene rings is 1. The van der Waals surface area contributed by atoms with Gasteiger partial charge in [-0.15, -0.1) is 0 Å². The Kier molecular flexibility index (Phi) is 5.25. The zero-order chi connectivity index (χ0) is 16.9. The summed E-state index contributed by atoms with van der Waals surface area (Å²) in [5, 5.41) is 22.4. The van der Waals surface area contributed by atoms with E-state index in [0.717, 1.165) is 18.7 Å². The Morgan fingerprint density at radius 2 is 2.17 bits per heavy atom. The summed E-state index contributed by atoms with van der Waals surface area (Å²) >= 11 is 1.60. The number of nitriles is 1. The van der Waals surface area contributed by atoms with E-state index < -0.39 is 0 Å². The molecule has 1 aliphatic rings. The van der Waals surface area contributed by atoms with Gasteiger partial charge >= 0.3 is 0 Å². The first kappa shape index (κ1) is 16.6. The Hall–Kier alpha value is -2.21. The fraction of sp³-hybridized carbons (Fsp3) is 0.438. The van der Waals surface area contributed by atoms with Crippen molar-refractivity contribution in [2.45, 2.75) is 6.42 Å². The van der Waals surface area contributed by atoms with Crippen molar-refractivity contribution in [2.24, 2.45) is 0 Å². The van der Waals surface area contributed by atoms with E-state index in [2.05, 4.69) is 14.9 Å². The summed E-state index contributed by atoms with van der Waals surface area (Å²) in [7, 11) is 0. The van der Waals surface area contributed by atoms with Crippen molar-refractivity contribution < 1.29 is 5.11 Å². The number of anilines is 1. The summed E-state index contributed by atoms with van der Waals surface area (Å²) in [5.74, 6) is 1.04. The molecular formula is C16H19N5O2S. The van der Waals surface area contributed by atoms with E-state index in [1.54, 1.807) is 11.3 Å². The first-order valence-corrected chi connectivity index (χ1v) is 8.78. The Labute approximate surface area is 143 Å². The maximum Gasteiger partial charge on any atom is 0.271 e. The van der Waals surface area contributed by atoms with E-state index in [9.17, 15) is 10.1 Å². The smallest absolute Gasteiger partial charge is 0.271 e. The predicted molar refractivity (Wildman–Crippen MR) is 92.4 cm³/mol.